The van der Waals surface area contributed by atoms with Crippen LogP contribution in [0.5, 0.6) is 5.75 Å². The highest BCUT2D eigenvalue weighted by Crippen LogP contribution is 2.42. The summed E-state index contributed by atoms with van der Waals surface area (Å²) in [5.74, 6) is -0.524. The maximum absolute atomic E-state index is 13.1. The van der Waals surface area contributed by atoms with Crippen LogP contribution in [0.4, 0.5) is 0 Å². The predicted molar refractivity (Wildman–Crippen MR) is 121 cm³/mol. The highest BCUT2D eigenvalue weighted by atomic mass is 35.5. The minimum absolute atomic E-state index is 0.0490. The largest absolute Gasteiger partial charge is 0.491 e. The quantitative estimate of drug-likeness (QED) is 0.275. The van der Waals surface area contributed by atoms with Gasteiger partial charge in [-0.05, 0) is 18.2 Å². The molecule has 152 valence electrons. The molecule has 4 nitrogen and oxygen atoms in total. The summed E-state index contributed by atoms with van der Waals surface area (Å²) < 4.78 is 18.4. The van der Waals surface area contributed by atoms with Crippen molar-refractivity contribution in [1.29, 1.82) is 0 Å². The van der Waals surface area contributed by atoms with Gasteiger partial charge in [-0.1, -0.05) is 87.4 Å². The van der Waals surface area contributed by atoms with Gasteiger partial charge in [-0.15, -0.1) is 0 Å². The SMILES string of the molecule is COc1c(Cl)c(C(=O)c2ccccc2)cc(Cl)c1[P+](=O)C(=O)c1c(Cl)cccc1Cl. The Morgan fingerprint density at radius 3 is 2.03 bits per heavy atom. The predicted octanol–water partition coefficient (Wildman–Crippen LogP) is 6.83. The maximum atomic E-state index is 13.1. The summed E-state index contributed by atoms with van der Waals surface area (Å²) in [6.45, 7) is 0. The first-order valence-corrected chi connectivity index (χ1v) is 11.2. The first kappa shape index (κ1) is 22.7. The lowest BCUT2D eigenvalue weighted by molar-refractivity contribution is 0.103. The number of carbonyl (C=O) groups is 2. The molecule has 0 aliphatic carbocycles. The van der Waals surface area contributed by atoms with E-state index in [1.54, 1.807) is 36.4 Å². The van der Waals surface area contributed by atoms with E-state index in [0.717, 1.165) is 0 Å². The van der Waals surface area contributed by atoms with Crippen molar-refractivity contribution in [3.8, 4) is 5.75 Å². The fourth-order valence-electron chi connectivity index (χ4n) is 2.78. The summed E-state index contributed by atoms with van der Waals surface area (Å²) in [6.07, 6.45) is 0. The molecular weight excluding hydrogens is 489 g/mol. The van der Waals surface area contributed by atoms with E-state index in [0.29, 0.717) is 5.56 Å². The van der Waals surface area contributed by atoms with Crippen molar-refractivity contribution in [3.05, 3.63) is 91.4 Å². The number of hydrogen-bond donors (Lipinski definition) is 0. The van der Waals surface area contributed by atoms with Crippen LogP contribution in [0.3, 0.4) is 0 Å². The fraction of sp³-hybridized carbons (Fsp3) is 0.0476. The number of methoxy groups -OCH3 is 1. The molecule has 1 unspecified atom stereocenters. The van der Waals surface area contributed by atoms with Gasteiger partial charge in [-0.3, -0.25) is 4.79 Å². The van der Waals surface area contributed by atoms with Crippen molar-refractivity contribution in [1.82, 2.24) is 0 Å². The summed E-state index contributed by atoms with van der Waals surface area (Å²) in [6, 6.07) is 14.2. The normalized spacial score (nSPS) is 11.2. The molecule has 30 heavy (non-hydrogen) atoms. The standard InChI is InChI=1S/C21H12Cl4O4P/c1-29-19-17(25)12(18(26)11-6-3-2-4-7-11)10-15(24)20(19)30(28)21(27)16-13(22)8-5-9-14(16)23/h2-10H,1H3/q+1. The monoisotopic (exact) mass is 499 g/mol. The second-order valence-corrected chi connectivity index (χ2v) is 9.03. The van der Waals surface area contributed by atoms with Gasteiger partial charge in [0, 0.05) is 11.1 Å². The lowest BCUT2D eigenvalue weighted by Gasteiger charge is -2.10. The van der Waals surface area contributed by atoms with E-state index in [2.05, 4.69) is 0 Å². The van der Waals surface area contributed by atoms with Gasteiger partial charge in [-0.25, -0.2) is 4.79 Å². The summed E-state index contributed by atoms with van der Waals surface area (Å²) in [5.41, 5.74) is -0.492. The van der Waals surface area contributed by atoms with Crippen molar-refractivity contribution in [2.45, 2.75) is 0 Å². The molecule has 3 aromatic carbocycles. The van der Waals surface area contributed by atoms with Gasteiger partial charge < -0.3 is 4.74 Å². The zero-order chi connectivity index (χ0) is 22.0. The lowest BCUT2D eigenvalue weighted by atomic mass is 10.0. The van der Waals surface area contributed by atoms with Gasteiger partial charge in [-0.2, -0.15) is 0 Å². The molecule has 0 amide bonds. The minimum atomic E-state index is -2.81. The molecule has 0 radical (unpaired) electrons. The van der Waals surface area contributed by atoms with E-state index in [1.807, 2.05) is 0 Å². The second-order valence-electron chi connectivity index (χ2n) is 5.99. The Bertz CT molecular complexity index is 1160. The Morgan fingerprint density at radius 1 is 0.867 bits per heavy atom. The van der Waals surface area contributed by atoms with Crippen LogP contribution < -0.4 is 10.0 Å². The molecule has 9 heteroatoms. The van der Waals surface area contributed by atoms with Crippen LogP contribution in [0.1, 0.15) is 26.3 Å². The van der Waals surface area contributed by atoms with Gasteiger partial charge in [0.25, 0.3) is 5.30 Å². The summed E-state index contributed by atoms with van der Waals surface area (Å²) >= 11 is 24.9. The van der Waals surface area contributed by atoms with Crippen molar-refractivity contribution >= 4 is 70.8 Å². The molecule has 3 aromatic rings. The number of halogens is 4. The van der Waals surface area contributed by atoms with E-state index >= 15 is 0 Å². The van der Waals surface area contributed by atoms with Crippen LogP contribution in [0.15, 0.2) is 54.6 Å². The third-order valence-electron chi connectivity index (χ3n) is 4.20. The molecular formula is C21H12Cl4O4P+. The highest BCUT2D eigenvalue weighted by Gasteiger charge is 2.42. The number of rotatable bonds is 6. The molecule has 0 aliphatic heterocycles. The average Bonchev–Trinajstić information content (AvgIpc) is 2.74. The van der Waals surface area contributed by atoms with E-state index in [4.69, 9.17) is 51.1 Å². The summed E-state index contributed by atoms with van der Waals surface area (Å²) in [4.78, 5) is 25.7. The zero-order valence-corrected chi connectivity index (χ0v) is 19.2. The highest BCUT2D eigenvalue weighted by molar-refractivity contribution is 7.72. The minimum Gasteiger partial charge on any atom is -0.491 e. The number of ketones is 1. The van der Waals surface area contributed by atoms with Crippen molar-refractivity contribution < 1.29 is 18.9 Å². The van der Waals surface area contributed by atoms with Crippen LogP contribution in [-0.4, -0.2) is 18.4 Å². The van der Waals surface area contributed by atoms with Gasteiger partial charge in [0.15, 0.2) is 11.5 Å². The summed E-state index contributed by atoms with van der Waals surface area (Å²) in [7, 11) is -1.53. The van der Waals surface area contributed by atoms with E-state index in [-0.39, 0.29) is 42.3 Å². The number of hydrogen-bond acceptors (Lipinski definition) is 4. The summed E-state index contributed by atoms with van der Waals surface area (Å²) in [5, 5.41) is -0.245. The van der Waals surface area contributed by atoms with Crippen molar-refractivity contribution in [3.63, 3.8) is 0 Å². The average molecular weight is 501 g/mol. The number of carbonyl (C=O) groups excluding carboxylic acids is 2. The Balaban J connectivity index is 2.12. The fourth-order valence-corrected chi connectivity index (χ4v) is 5.58. The Labute approximate surface area is 193 Å². The van der Waals surface area contributed by atoms with Gasteiger partial charge in [0.1, 0.15) is 5.56 Å². The van der Waals surface area contributed by atoms with Gasteiger partial charge in [0.05, 0.1) is 27.2 Å². The van der Waals surface area contributed by atoms with Crippen LogP contribution in [-0.2, 0) is 4.57 Å². The molecule has 0 aliphatic rings. The molecule has 1 atom stereocenters. The number of benzene rings is 3. The van der Waals surface area contributed by atoms with Crippen LogP contribution in [0.25, 0.3) is 0 Å². The van der Waals surface area contributed by atoms with Crippen molar-refractivity contribution in [2.24, 2.45) is 0 Å². The zero-order valence-electron chi connectivity index (χ0n) is 15.3. The Hall–Kier alpha value is -1.94. The molecule has 0 saturated heterocycles. The molecule has 0 N–H and O–H groups in total. The maximum Gasteiger partial charge on any atom is 0.464 e. The van der Waals surface area contributed by atoms with Gasteiger partial charge >= 0.3 is 13.3 Å². The Morgan fingerprint density at radius 2 is 1.47 bits per heavy atom. The molecule has 0 heterocycles. The van der Waals surface area contributed by atoms with E-state index in [9.17, 15) is 14.2 Å². The molecule has 3 rings (SSSR count). The van der Waals surface area contributed by atoms with E-state index < -0.39 is 19.1 Å². The smallest absolute Gasteiger partial charge is 0.464 e. The molecule has 0 saturated carbocycles. The van der Waals surface area contributed by atoms with Crippen molar-refractivity contribution in [2.75, 3.05) is 7.11 Å². The molecule has 0 spiro atoms. The Kier molecular flexibility index (Phi) is 7.18. The van der Waals surface area contributed by atoms with E-state index in [1.165, 1.54) is 25.3 Å². The van der Waals surface area contributed by atoms with Crippen LogP contribution in [0, 0.1) is 0 Å². The second kappa shape index (κ2) is 9.47. The molecule has 0 fully saturated rings. The van der Waals surface area contributed by atoms with Gasteiger partial charge in [0.2, 0.25) is 0 Å². The third-order valence-corrected chi connectivity index (χ3v) is 7.07. The molecule has 0 bridgehead atoms. The lowest BCUT2D eigenvalue weighted by Crippen LogP contribution is -2.14. The first-order chi connectivity index (χ1) is 14.3. The van der Waals surface area contributed by atoms with Crippen LogP contribution >= 0.6 is 54.2 Å². The topological polar surface area (TPSA) is 60.4 Å². The third kappa shape index (κ3) is 4.25. The number of ether oxygens (including phenoxy) is 1. The first-order valence-electron chi connectivity index (χ1n) is 8.39. The molecule has 0 aromatic heterocycles. The van der Waals surface area contributed by atoms with Crippen LogP contribution in [0.2, 0.25) is 20.1 Å².